The van der Waals surface area contributed by atoms with Gasteiger partial charge in [0.1, 0.15) is 0 Å². The quantitative estimate of drug-likeness (QED) is 0.204. The van der Waals surface area contributed by atoms with Crippen molar-refractivity contribution in [3.05, 3.63) is 110 Å². The first-order valence-corrected chi connectivity index (χ1v) is 11.6. The van der Waals surface area contributed by atoms with E-state index in [0.29, 0.717) is 5.69 Å². The molecule has 1 N–H and O–H groups in total. The zero-order valence-electron chi connectivity index (χ0n) is 15.5. The van der Waals surface area contributed by atoms with Gasteiger partial charge in [-0.25, -0.2) is 0 Å². The second-order valence-corrected chi connectivity index (χ2v) is 9.41. The molecule has 2 nitrogen and oxygen atoms in total. The molecule has 0 aliphatic rings. The van der Waals surface area contributed by atoms with E-state index in [-0.39, 0.29) is 25.2 Å². The molecule has 1 amide bonds. The first-order chi connectivity index (χ1) is 14.5. The van der Waals surface area contributed by atoms with Crippen molar-refractivity contribution in [3.63, 3.8) is 0 Å². The third-order valence-corrected chi connectivity index (χ3v) is 7.30. The Balaban J connectivity index is 1.94. The molecule has 0 saturated carbocycles. The Morgan fingerprint density at radius 1 is 0.633 bits per heavy atom. The summed E-state index contributed by atoms with van der Waals surface area (Å²) in [6.07, 6.45) is 0. The normalized spacial score (nSPS) is 12.6. The predicted molar refractivity (Wildman–Crippen MR) is 131 cm³/mol. The summed E-state index contributed by atoms with van der Waals surface area (Å²) in [5.41, 5.74) is 0.656. The summed E-state index contributed by atoms with van der Waals surface area (Å²) in [6.45, 7) is 0. The molecule has 0 heterocycles. The molecule has 0 atom stereocenters. The molecule has 0 aliphatic heterocycles. The SMILES string of the molecule is O=C(Nc1ccccc1)/C(Sc1ccccc1)=C(Cl)\C(Cl)=C(/Cl)Sc1ccccc1. The van der Waals surface area contributed by atoms with E-state index in [1.54, 1.807) is 12.1 Å². The smallest absolute Gasteiger partial charge is 0.264 e. The number of hydrogen-bond acceptors (Lipinski definition) is 3. The number of carbonyl (C=O) groups excluding carboxylic acids is 1. The number of amides is 1. The number of para-hydroxylation sites is 1. The zero-order chi connectivity index (χ0) is 21.3. The van der Waals surface area contributed by atoms with Crippen LogP contribution in [0.4, 0.5) is 5.69 Å². The van der Waals surface area contributed by atoms with Crippen LogP contribution in [-0.2, 0) is 4.79 Å². The second kappa shape index (κ2) is 11.5. The highest BCUT2D eigenvalue weighted by molar-refractivity contribution is 8.05. The van der Waals surface area contributed by atoms with E-state index in [1.165, 1.54) is 23.5 Å². The molecule has 0 aromatic heterocycles. The van der Waals surface area contributed by atoms with Gasteiger partial charge < -0.3 is 5.32 Å². The number of halogens is 3. The number of benzene rings is 3. The highest BCUT2D eigenvalue weighted by Crippen LogP contribution is 2.41. The van der Waals surface area contributed by atoms with E-state index in [9.17, 15) is 4.79 Å². The molecule has 7 heteroatoms. The van der Waals surface area contributed by atoms with Crippen LogP contribution in [0.25, 0.3) is 0 Å². The molecule has 0 saturated heterocycles. The lowest BCUT2D eigenvalue weighted by Crippen LogP contribution is -2.14. The number of hydrogen-bond donors (Lipinski definition) is 1. The van der Waals surface area contributed by atoms with Gasteiger partial charge >= 0.3 is 0 Å². The summed E-state index contributed by atoms with van der Waals surface area (Å²) >= 11 is 22.0. The van der Waals surface area contributed by atoms with Gasteiger partial charge in [-0.3, -0.25) is 4.79 Å². The van der Waals surface area contributed by atoms with Gasteiger partial charge in [0, 0.05) is 15.5 Å². The van der Waals surface area contributed by atoms with Gasteiger partial charge in [0.15, 0.2) is 0 Å². The van der Waals surface area contributed by atoms with Gasteiger partial charge in [0.25, 0.3) is 5.91 Å². The Hall–Kier alpha value is -1.82. The Morgan fingerprint density at radius 2 is 1.10 bits per heavy atom. The molecule has 152 valence electrons. The van der Waals surface area contributed by atoms with E-state index >= 15 is 0 Å². The number of nitrogens with one attached hydrogen (secondary N) is 1. The monoisotopic (exact) mass is 491 g/mol. The number of thioether (sulfide) groups is 2. The molecule has 0 bridgehead atoms. The first-order valence-electron chi connectivity index (χ1n) is 8.82. The Labute approximate surface area is 199 Å². The number of carbonyl (C=O) groups is 1. The van der Waals surface area contributed by atoms with E-state index < -0.39 is 0 Å². The summed E-state index contributed by atoms with van der Waals surface area (Å²) in [5, 5.41) is 3.06. The van der Waals surface area contributed by atoms with Gasteiger partial charge in [0.05, 0.1) is 19.3 Å². The van der Waals surface area contributed by atoms with Gasteiger partial charge in [-0.2, -0.15) is 0 Å². The topological polar surface area (TPSA) is 29.1 Å². The maximum Gasteiger partial charge on any atom is 0.264 e. The highest BCUT2D eigenvalue weighted by Gasteiger charge is 2.21. The Bertz CT molecular complexity index is 1060. The lowest BCUT2D eigenvalue weighted by Gasteiger charge is -2.12. The third kappa shape index (κ3) is 6.59. The van der Waals surface area contributed by atoms with Crippen LogP contribution in [0.1, 0.15) is 0 Å². The zero-order valence-corrected chi connectivity index (χ0v) is 19.4. The van der Waals surface area contributed by atoms with E-state index in [4.69, 9.17) is 34.8 Å². The van der Waals surface area contributed by atoms with Crippen molar-refractivity contribution < 1.29 is 4.79 Å². The van der Waals surface area contributed by atoms with Crippen molar-refractivity contribution in [3.8, 4) is 0 Å². The van der Waals surface area contributed by atoms with Crippen LogP contribution >= 0.6 is 58.3 Å². The Kier molecular flexibility index (Phi) is 8.79. The first kappa shape index (κ1) is 22.9. The van der Waals surface area contributed by atoms with Crippen molar-refractivity contribution in [2.45, 2.75) is 9.79 Å². The molecular formula is C23H16Cl3NOS2. The van der Waals surface area contributed by atoms with E-state index in [2.05, 4.69) is 5.32 Å². The lowest BCUT2D eigenvalue weighted by atomic mass is 10.3. The molecule has 0 aliphatic carbocycles. The van der Waals surface area contributed by atoms with Crippen LogP contribution in [0.3, 0.4) is 0 Å². The van der Waals surface area contributed by atoms with Crippen LogP contribution in [0, 0.1) is 0 Å². The molecule has 0 radical (unpaired) electrons. The maximum atomic E-state index is 13.0. The van der Waals surface area contributed by atoms with Gasteiger partial charge in [-0.05, 0) is 36.4 Å². The number of rotatable bonds is 7. The Morgan fingerprint density at radius 3 is 1.63 bits per heavy atom. The second-order valence-electron chi connectivity index (χ2n) is 5.88. The summed E-state index contributed by atoms with van der Waals surface area (Å²) in [6, 6.07) is 28.2. The highest BCUT2D eigenvalue weighted by atomic mass is 35.5. The fraction of sp³-hybridized carbons (Fsp3) is 0. The summed E-state index contributed by atoms with van der Waals surface area (Å²) in [4.78, 5) is 15.1. The molecule has 3 aromatic carbocycles. The van der Waals surface area contributed by atoms with Crippen molar-refractivity contribution in [2.24, 2.45) is 0 Å². The largest absolute Gasteiger partial charge is 0.321 e. The van der Waals surface area contributed by atoms with Gasteiger partial charge in [0.2, 0.25) is 0 Å². The standard InChI is InChI=1S/C23H16Cl3NOS2/c24-19(20(25)22(26)30-18-14-8-3-9-15-18)21(29-17-12-6-2-7-13-17)23(28)27-16-10-4-1-5-11-16/h1-15H,(H,27,28)/b21-19-,22-20-. The van der Waals surface area contributed by atoms with Crippen molar-refractivity contribution in [2.75, 3.05) is 5.32 Å². The fourth-order valence-corrected chi connectivity index (χ4v) is 4.91. The van der Waals surface area contributed by atoms with Gasteiger partial charge in [-0.1, -0.05) is 113 Å². The molecule has 0 spiro atoms. The predicted octanol–water partition coefficient (Wildman–Crippen LogP) is 8.31. The minimum Gasteiger partial charge on any atom is -0.321 e. The molecule has 3 aromatic rings. The third-order valence-electron chi connectivity index (χ3n) is 3.72. The summed E-state index contributed by atoms with van der Waals surface area (Å²) < 4.78 is 0.284. The minimum absolute atomic E-state index is 0.0902. The summed E-state index contributed by atoms with van der Waals surface area (Å²) in [5.74, 6) is -0.368. The average molecular weight is 493 g/mol. The van der Waals surface area contributed by atoms with E-state index in [0.717, 1.165) is 9.79 Å². The number of allylic oxidation sites excluding steroid dienone is 2. The van der Waals surface area contributed by atoms with Crippen LogP contribution in [0.15, 0.2) is 120 Å². The van der Waals surface area contributed by atoms with E-state index in [1.807, 2.05) is 78.9 Å². The average Bonchev–Trinajstić information content (AvgIpc) is 2.78. The maximum absolute atomic E-state index is 13.0. The minimum atomic E-state index is -0.368. The molecule has 0 fully saturated rings. The van der Waals surface area contributed by atoms with Gasteiger partial charge in [-0.15, -0.1) is 0 Å². The fourth-order valence-electron chi connectivity index (χ4n) is 2.33. The summed E-state index contributed by atoms with van der Waals surface area (Å²) in [7, 11) is 0. The van der Waals surface area contributed by atoms with Crippen LogP contribution in [0.2, 0.25) is 0 Å². The molecule has 30 heavy (non-hydrogen) atoms. The lowest BCUT2D eigenvalue weighted by molar-refractivity contribution is -0.112. The van der Waals surface area contributed by atoms with Crippen LogP contribution in [-0.4, -0.2) is 5.91 Å². The van der Waals surface area contributed by atoms with Crippen molar-refractivity contribution in [1.82, 2.24) is 0 Å². The van der Waals surface area contributed by atoms with Crippen molar-refractivity contribution >= 4 is 69.9 Å². The number of anilines is 1. The molecule has 0 unspecified atom stereocenters. The van der Waals surface area contributed by atoms with Crippen molar-refractivity contribution in [1.29, 1.82) is 0 Å². The van der Waals surface area contributed by atoms with Crippen LogP contribution in [0.5, 0.6) is 0 Å². The molecule has 3 rings (SSSR count). The van der Waals surface area contributed by atoms with Crippen LogP contribution < -0.4 is 5.32 Å². The molecular weight excluding hydrogens is 477 g/mol.